The lowest BCUT2D eigenvalue weighted by Crippen LogP contribution is -2.42. The van der Waals surface area contributed by atoms with Crippen LogP contribution in [-0.2, 0) is 0 Å². The maximum Gasteiger partial charge on any atom is 0.0590 e. The number of hydrogen-bond donors (Lipinski definition) is 1. The standard InChI is InChI=1S/C15H28N2S/c1-11(2)9-17(10-12(3)4)15(13(5)16)14-7-6-8-18-14/h6-8,11-13,15H,9-10,16H2,1-5H3. The van der Waals surface area contributed by atoms with Crippen LogP contribution in [0.2, 0.25) is 0 Å². The molecular formula is C15H28N2S. The van der Waals surface area contributed by atoms with Gasteiger partial charge in [-0.2, -0.15) is 0 Å². The van der Waals surface area contributed by atoms with Crippen molar-refractivity contribution in [1.82, 2.24) is 4.90 Å². The van der Waals surface area contributed by atoms with Gasteiger partial charge in [-0.3, -0.25) is 4.90 Å². The van der Waals surface area contributed by atoms with Crippen molar-refractivity contribution in [1.29, 1.82) is 0 Å². The fourth-order valence-corrected chi connectivity index (χ4v) is 3.45. The van der Waals surface area contributed by atoms with Crippen molar-refractivity contribution in [2.24, 2.45) is 17.6 Å². The van der Waals surface area contributed by atoms with Gasteiger partial charge in [-0.15, -0.1) is 11.3 Å². The van der Waals surface area contributed by atoms with E-state index in [0.29, 0.717) is 17.9 Å². The first-order valence-electron chi connectivity index (χ1n) is 6.94. The van der Waals surface area contributed by atoms with Crippen molar-refractivity contribution in [3.63, 3.8) is 0 Å². The van der Waals surface area contributed by atoms with Gasteiger partial charge in [0.05, 0.1) is 6.04 Å². The first kappa shape index (κ1) is 15.7. The molecule has 1 heterocycles. The summed E-state index contributed by atoms with van der Waals surface area (Å²) in [7, 11) is 0. The smallest absolute Gasteiger partial charge is 0.0590 e. The van der Waals surface area contributed by atoms with Crippen LogP contribution in [0.1, 0.15) is 45.5 Å². The van der Waals surface area contributed by atoms with Gasteiger partial charge in [0.1, 0.15) is 0 Å². The highest BCUT2D eigenvalue weighted by Gasteiger charge is 2.25. The fraction of sp³-hybridized carbons (Fsp3) is 0.733. The minimum absolute atomic E-state index is 0.168. The number of hydrogen-bond acceptors (Lipinski definition) is 3. The molecule has 0 spiro atoms. The van der Waals surface area contributed by atoms with E-state index < -0.39 is 0 Å². The van der Waals surface area contributed by atoms with Crippen LogP contribution in [0.25, 0.3) is 0 Å². The van der Waals surface area contributed by atoms with Crippen LogP contribution in [0, 0.1) is 11.8 Å². The summed E-state index contributed by atoms with van der Waals surface area (Å²) in [5.74, 6) is 1.34. The Morgan fingerprint density at radius 1 is 1.11 bits per heavy atom. The number of nitrogens with two attached hydrogens (primary N) is 1. The van der Waals surface area contributed by atoms with E-state index in [9.17, 15) is 0 Å². The zero-order chi connectivity index (χ0) is 13.7. The molecule has 2 unspecified atom stereocenters. The molecule has 2 nitrogen and oxygen atoms in total. The molecule has 1 aromatic heterocycles. The predicted octanol–water partition coefficient (Wildman–Crippen LogP) is 3.75. The lowest BCUT2D eigenvalue weighted by atomic mass is 10.0. The zero-order valence-electron chi connectivity index (χ0n) is 12.4. The van der Waals surface area contributed by atoms with E-state index in [1.54, 1.807) is 0 Å². The lowest BCUT2D eigenvalue weighted by molar-refractivity contribution is 0.142. The normalized spacial score (nSPS) is 15.6. The maximum atomic E-state index is 6.25. The van der Waals surface area contributed by atoms with E-state index in [4.69, 9.17) is 5.73 Å². The number of nitrogens with zero attached hydrogens (tertiary/aromatic N) is 1. The molecule has 1 aromatic rings. The van der Waals surface area contributed by atoms with Crippen LogP contribution in [0.5, 0.6) is 0 Å². The molecule has 0 amide bonds. The minimum atomic E-state index is 0.168. The van der Waals surface area contributed by atoms with Gasteiger partial charge >= 0.3 is 0 Å². The maximum absolute atomic E-state index is 6.25. The Labute approximate surface area is 116 Å². The Bertz CT molecular complexity index is 307. The summed E-state index contributed by atoms with van der Waals surface area (Å²) in [6.45, 7) is 13.5. The molecule has 0 aliphatic carbocycles. The van der Waals surface area contributed by atoms with Gasteiger partial charge < -0.3 is 5.73 Å². The van der Waals surface area contributed by atoms with Crippen molar-refractivity contribution in [3.05, 3.63) is 22.4 Å². The molecule has 3 heteroatoms. The minimum Gasteiger partial charge on any atom is -0.326 e. The molecule has 0 bridgehead atoms. The quantitative estimate of drug-likeness (QED) is 0.816. The summed E-state index contributed by atoms with van der Waals surface area (Å²) in [6, 6.07) is 4.86. The molecule has 0 aromatic carbocycles. The summed E-state index contributed by atoms with van der Waals surface area (Å²) in [4.78, 5) is 3.96. The highest BCUT2D eigenvalue weighted by molar-refractivity contribution is 7.10. The molecule has 104 valence electrons. The molecule has 0 radical (unpaired) electrons. The van der Waals surface area contributed by atoms with Crippen LogP contribution < -0.4 is 5.73 Å². The Kier molecular flexibility index (Phi) is 6.33. The highest BCUT2D eigenvalue weighted by atomic mass is 32.1. The molecule has 18 heavy (non-hydrogen) atoms. The topological polar surface area (TPSA) is 29.3 Å². The second-order valence-electron chi connectivity index (χ2n) is 6.06. The third kappa shape index (κ3) is 4.71. The van der Waals surface area contributed by atoms with Crippen molar-refractivity contribution in [2.45, 2.75) is 46.7 Å². The van der Waals surface area contributed by atoms with Crippen LogP contribution in [-0.4, -0.2) is 24.0 Å². The summed E-state index contributed by atoms with van der Waals surface area (Å²) >= 11 is 1.82. The van der Waals surface area contributed by atoms with Gasteiger partial charge in [0.2, 0.25) is 0 Å². The monoisotopic (exact) mass is 268 g/mol. The van der Waals surface area contributed by atoms with E-state index in [1.807, 2.05) is 11.3 Å². The van der Waals surface area contributed by atoms with E-state index in [1.165, 1.54) is 4.88 Å². The second kappa shape index (κ2) is 7.27. The molecule has 0 saturated heterocycles. The molecule has 0 saturated carbocycles. The van der Waals surface area contributed by atoms with E-state index in [2.05, 4.69) is 57.0 Å². The van der Waals surface area contributed by atoms with Gasteiger partial charge in [0.25, 0.3) is 0 Å². The molecule has 0 aliphatic heterocycles. The average molecular weight is 268 g/mol. The zero-order valence-corrected chi connectivity index (χ0v) is 13.2. The Morgan fingerprint density at radius 2 is 1.67 bits per heavy atom. The third-order valence-corrected chi connectivity index (χ3v) is 3.87. The summed E-state index contributed by atoms with van der Waals surface area (Å²) < 4.78 is 0. The lowest BCUT2D eigenvalue weighted by Gasteiger charge is -2.36. The molecule has 2 atom stereocenters. The van der Waals surface area contributed by atoms with Crippen molar-refractivity contribution in [3.8, 4) is 0 Å². The van der Waals surface area contributed by atoms with Crippen molar-refractivity contribution < 1.29 is 0 Å². The second-order valence-corrected chi connectivity index (χ2v) is 7.04. The molecule has 1 rings (SSSR count). The van der Waals surface area contributed by atoms with Gasteiger partial charge in [0, 0.05) is 24.0 Å². The van der Waals surface area contributed by atoms with Gasteiger partial charge in [-0.05, 0) is 30.2 Å². The predicted molar refractivity (Wildman–Crippen MR) is 82.0 cm³/mol. The van der Waals surface area contributed by atoms with Gasteiger partial charge in [0.15, 0.2) is 0 Å². The molecule has 2 N–H and O–H groups in total. The van der Waals surface area contributed by atoms with Crippen molar-refractivity contribution >= 4 is 11.3 Å². The third-order valence-electron chi connectivity index (χ3n) is 2.93. The van der Waals surface area contributed by atoms with Crippen molar-refractivity contribution in [2.75, 3.05) is 13.1 Å². The van der Waals surface area contributed by atoms with E-state index in [0.717, 1.165) is 13.1 Å². The largest absolute Gasteiger partial charge is 0.326 e. The summed E-state index contributed by atoms with van der Waals surface area (Å²) in [6.07, 6.45) is 0. The Morgan fingerprint density at radius 3 is 2.00 bits per heavy atom. The first-order valence-corrected chi connectivity index (χ1v) is 7.82. The Balaban J connectivity index is 2.90. The fourth-order valence-electron chi connectivity index (χ4n) is 2.47. The highest BCUT2D eigenvalue weighted by Crippen LogP contribution is 2.28. The SMILES string of the molecule is CC(C)CN(CC(C)C)C(c1cccs1)C(C)N. The summed E-state index contributed by atoms with van der Waals surface area (Å²) in [5.41, 5.74) is 6.25. The van der Waals surface area contributed by atoms with Crippen LogP contribution in [0.3, 0.4) is 0 Å². The van der Waals surface area contributed by atoms with Crippen LogP contribution in [0.15, 0.2) is 17.5 Å². The van der Waals surface area contributed by atoms with E-state index >= 15 is 0 Å². The van der Waals surface area contributed by atoms with E-state index in [-0.39, 0.29) is 6.04 Å². The molecule has 0 aliphatic rings. The van der Waals surface area contributed by atoms with Gasteiger partial charge in [-0.1, -0.05) is 33.8 Å². The van der Waals surface area contributed by atoms with Gasteiger partial charge in [-0.25, -0.2) is 0 Å². The average Bonchev–Trinajstić information content (AvgIpc) is 2.68. The summed E-state index contributed by atoms with van der Waals surface area (Å²) in [5, 5.41) is 2.15. The first-order chi connectivity index (χ1) is 8.41. The molecular weight excluding hydrogens is 240 g/mol. The van der Waals surface area contributed by atoms with Crippen LogP contribution in [0.4, 0.5) is 0 Å². The van der Waals surface area contributed by atoms with Crippen LogP contribution >= 0.6 is 11.3 Å². The number of thiophene rings is 1. The molecule has 0 fully saturated rings. The number of rotatable bonds is 7. The Hall–Kier alpha value is -0.380.